The van der Waals surface area contributed by atoms with Gasteiger partial charge in [0.1, 0.15) is 24.4 Å². The lowest BCUT2D eigenvalue weighted by molar-refractivity contribution is -0.360. The van der Waals surface area contributed by atoms with Crippen molar-refractivity contribution in [2.24, 2.45) is 0 Å². The molecule has 2 saturated heterocycles. The molecule has 9 heteroatoms. The van der Waals surface area contributed by atoms with Crippen LogP contribution in [0.15, 0.2) is 24.3 Å². The molecule has 0 aromatic heterocycles. The first-order valence-electron chi connectivity index (χ1n) is 8.76. The molecule has 6 atom stereocenters. The van der Waals surface area contributed by atoms with Crippen LogP contribution in [0.1, 0.15) is 18.0 Å². The summed E-state index contributed by atoms with van der Waals surface area (Å²) >= 11 is 0. The minimum absolute atomic E-state index is 0.0258. The number of benzene rings is 1. The van der Waals surface area contributed by atoms with Crippen LogP contribution in [-0.4, -0.2) is 89.4 Å². The number of nitrogens with zero attached hydrogens (tertiary/aromatic N) is 2. The fourth-order valence-corrected chi connectivity index (χ4v) is 3.59. The van der Waals surface area contributed by atoms with E-state index in [4.69, 9.17) is 9.47 Å². The van der Waals surface area contributed by atoms with E-state index < -0.39 is 48.9 Å². The largest absolute Gasteiger partial charge is 0.414 e. The number of aliphatic hydroxyl groups excluding tert-OH is 4. The van der Waals surface area contributed by atoms with Crippen molar-refractivity contribution in [3.05, 3.63) is 29.8 Å². The molecule has 1 aromatic carbocycles. The van der Waals surface area contributed by atoms with Gasteiger partial charge in [-0.3, -0.25) is 0 Å². The molecule has 150 valence electrons. The highest BCUT2D eigenvalue weighted by molar-refractivity contribution is 5.69. The Morgan fingerprint density at radius 2 is 1.81 bits per heavy atom. The van der Waals surface area contributed by atoms with Crippen molar-refractivity contribution in [2.75, 3.05) is 32.6 Å². The summed E-state index contributed by atoms with van der Waals surface area (Å²) in [6, 6.07) is 7.06. The van der Waals surface area contributed by atoms with Gasteiger partial charge in [-0.1, -0.05) is 12.1 Å². The van der Waals surface area contributed by atoms with Crippen molar-refractivity contribution in [1.29, 1.82) is 0 Å². The first-order chi connectivity index (χ1) is 12.7. The minimum atomic E-state index is -1.86. The van der Waals surface area contributed by atoms with Gasteiger partial charge in [0.05, 0.1) is 12.6 Å². The van der Waals surface area contributed by atoms with E-state index in [1.807, 2.05) is 43.3 Å². The van der Waals surface area contributed by atoms with Crippen molar-refractivity contribution >= 4 is 11.8 Å². The van der Waals surface area contributed by atoms with E-state index in [1.54, 1.807) is 7.05 Å². The van der Waals surface area contributed by atoms with Gasteiger partial charge in [0.25, 0.3) is 0 Å². The van der Waals surface area contributed by atoms with E-state index in [1.165, 1.54) is 4.90 Å². The average Bonchev–Trinajstić information content (AvgIpc) is 2.66. The molecule has 2 aliphatic rings. The van der Waals surface area contributed by atoms with Crippen LogP contribution in [0, 0.1) is 0 Å². The predicted molar refractivity (Wildman–Crippen MR) is 95.1 cm³/mol. The predicted octanol–water partition coefficient (Wildman–Crippen LogP) is -0.564. The number of anilines is 1. The number of carbonyl (C=O) groups is 1. The van der Waals surface area contributed by atoms with Crippen molar-refractivity contribution in [2.45, 2.75) is 42.7 Å². The third-order valence-electron chi connectivity index (χ3n) is 5.32. The molecule has 3 rings (SSSR count). The monoisotopic (exact) mass is 382 g/mol. The number of aliphatic hydroxyl groups is 4. The Morgan fingerprint density at radius 3 is 2.37 bits per heavy atom. The van der Waals surface area contributed by atoms with Gasteiger partial charge in [0.2, 0.25) is 5.79 Å². The van der Waals surface area contributed by atoms with Crippen molar-refractivity contribution < 1.29 is 34.7 Å². The van der Waals surface area contributed by atoms with Gasteiger partial charge >= 0.3 is 6.09 Å². The zero-order valence-electron chi connectivity index (χ0n) is 15.5. The van der Waals surface area contributed by atoms with Gasteiger partial charge in [-0.05, 0) is 17.7 Å². The molecular formula is C18H26N2O7. The highest BCUT2D eigenvalue weighted by Crippen LogP contribution is 2.43. The Hall–Kier alpha value is -1.91. The fraction of sp³-hybridized carbons (Fsp3) is 0.611. The number of carbonyl (C=O) groups excluding carboxylic acids is 1. The number of rotatable bonds is 3. The van der Waals surface area contributed by atoms with E-state index in [0.29, 0.717) is 0 Å². The highest BCUT2D eigenvalue weighted by atomic mass is 16.7. The van der Waals surface area contributed by atoms with Crippen LogP contribution < -0.4 is 4.90 Å². The highest BCUT2D eigenvalue weighted by Gasteiger charge is 2.59. The Bertz CT molecular complexity index is 681. The van der Waals surface area contributed by atoms with Gasteiger partial charge in [-0.25, -0.2) is 4.79 Å². The molecule has 4 N–H and O–H groups in total. The fourth-order valence-electron chi connectivity index (χ4n) is 3.59. The van der Waals surface area contributed by atoms with Crippen LogP contribution in [0.3, 0.4) is 0 Å². The Labute approximate surface area is 157 Å². The van der Waals surface area contributed by atoms with Gasteiger partial charge < -0.3 is 39.7 Å². The van der Waals surface area contributed by atoms with Gasteiger partial charge in [0.15, 0.2) is 0 Å². The van der Waals surface area contributed by atoms with Gasteiger partial charge in [-0.2, -0.15) is 0 Å². The second-order valence-electron chi connectivity index (χ2n) is 7.26. The summed E-state index contributed by atoms with van der Waals surface area (Å²) in [6.45, 7) is -0.595. The lowest BCUT2D eigenvalue weighted by Gasteiger charge is -2.52. The topological polar surface area (TPSA) is 123 Å². The summed E-state index contributed by atoms with van der Waals surface area (Å²) < 4.78 is 10.9. The zero-order chi connectivity index (χ0) is 19.9. The van der Waals surface area contributed by atoms with E-state index in [2.05, 4.69) is 0 Å². The molecule has 27 heavy (non-hydrogen) atoms. The lowest BCUT2D eigenvalue weighted by Crippen LogP contribution is -2.69. The maximum Gasteiger partial charge on any atom is 0.412 e. The third kappa shape index (κ3) is 3.37. The molecule has 1 aromatic rings. The smallest absolute Gasteiger partial charge is 0.412 e. The maximum absolute atomic E-state index is 12.5. The van der Waals surface area contributed by atoms with Crippen molar-refractivity contribution in [1.82, 2.24) is 4.90 Å². The van der Waals surface area contributed by atoms with E-state index in [0.717, 1.165) is 11.3 Å². The molecule has 2 aliphatic heterocycles. The summed E-state index contributed by atoms with van der Waals surface area (Å²) in [4.78, 5) is 15.8. The Morgan fingerprint density at radius 1 is 1.19 bits per heavy atom. The first kappa shape index (κ1) is 19.8. The Kier molecular flexibility index (Phi) is 5.33. The minimum Gasteiger partial charge on any atom is -0.414 e. The summed E-state index contributed by atoms with van der Waals surface area (Å²) in [5.41, 5.74) is 1.79. The van der Waals surface area contributed by atoms with E-state index in [9.17, 15) is 25.2 Å². The number of ether oxygens (including phenoxy) is 2. The zero-order valence-corrected chi connectivity index (χ0v) is 15.5. The van der Waals surface area contributed by atoms with Crippen LogP contribution in [0.4, 0.5) is 10.5 Å². The van der Waals surface area contributed by atoms with Crippen LogP contribution in [-0.2, 0) is 9.47 Å². The molecule has 0 aliphatic carbocycles. The third-order valence-corrected chi connectivity index (χ3v) is 5.32. The summed E-state index contributed by atoms with van der Waals surface area (Å²) in [5, 5.41) is 40.1. The second-order valence-corrected chi connectivity index (χ2v) is 7.26. The van der Waals surface area contributed by atoms with Crippen molar-refractivity contribution in [3.63, 3.8) is 0 Å². The quantitative estimate of drug-likeness (QED) is 0.549. The molecule has 0 radical (unpaired) electrons. The van der Waals surface area contributed by atoms with Gasteiger partial charge in [0, 0.05) is 33.3 Å². The summed E-state index contributed by atoms with van der Waals surface area (Å²) in [6.07, 6.45) is -6.66. The van der Waals surface area contributed by atoms with Crippen LogP contribution >= 0.6 is 0 Å². The number of hydrogen-bond acceptors (Lipinski definition) is 8. The van der Waals surface area contributed by atoms with Crippen LogP contribution in [0.5, 0.6) is 0 Å². The molecule has 2 heterocycles. The summed E-state index contributed by atoms with van der Waals surface area (Å²) in [5.74, 6) is -1.86. The van der Waals surface area contributed by atoms with E-state index >= 15 is 0 Å². The normalized spacial score (nSPS) is 36.6. The number of amides is 1. The lowest BCUT2D eigenvalue weighted by atomic mass is 9.85. The molecule has 0 bridgehead atoms. The molecular weight excluding hydrogens is 356 g/mol. The van der Waals surface area contributed by atoms with Crippen LogP contribution in [0.2, 0.25) is 0 Å². The molecule has 0 saturated carbocycles. The maximum atomic E-state index is 12.5. The molecule has 1 amide bonds. The first-order valence-corrected chi connectivity index (χ1v) is 8.76. The molecule has 1 unspecified atom stereocenters. The molecule has 9 nitrogen and oxygen atoms in total. The second kappa shape index (κ2) is 7.25. The van der Waals surface area contributed by atoms with Crippen molar-refractivity contribution in [3.8, 4) is 0 Å². The Balaban J connectivity index is 1.93. The molecule has 2 fully saturated rings. The van der Waals surface area contributed by atoms with Crippen LogP contribution in [0.25, 0.3) is 0 Å². The average molecular weight is 382 g/mol. The molecule has 1 spiro atoms. The number of hydrogen-bond donors (Lipinski definition) is 4. The SMILES string of the molecule is CN(C)c1ccc([C@@H]2CC3(OC(=O)N2C)O[C@H](CO)[C@@H](O)[C@H](O)[C@H]3O)cc1. The van der Waals surface area contributed by atoms with E-state index in [-0.39, 0.29) is 6.42 Å². The van der Waals surface area contributed by atoms with Gasteiger partial charge in [-0.15, -0.1) is 0 Å². The summed E-state index contributed by atoms with van der Waals surface area (Å²) in [7, 11) is 5.41. The standard InChI is InChI=1S/C18H26N2O7/c1-19(2)11-6-4-10(5-7-11)12-8-18(27-17(25)20(12)3)16(24)15(23)14(22)13(9-21)26-18/h4-7,12-16,21-24H,8-9H2,1-3H3/t12-,13+,14+,15-,16+,18?/m0/s1.